The number of hydrogen-bond acceptors (Lipinski definition) is 1. The third kappa shape index (κ3) is 2.33. The predicted molar refractivity (Wildman–Crippen MR) is 48.1 cm³/mol. The molecule has 0 heterocycles. The van der Waals surface area contributed by atoms with Gasteiger partial charge in [0, 0.05) is 10.2 Å². The highest BCUT2D eigenvalue weighted by molar-refractivity contribution is 6.11. The van der Waals surface area contributed by atoms with Crippen LogP contribution >= 0.6 is 0 Å². The normalized spacial score (nSPS) is 13.3. The fourth-order valence-corrected chi connectivity index (χ4v) is 1.46. The van der Waals surface area contributed by atoms with E-state index < -0.39 is 0 Å². The standard InChI is InChI=1S/C8H13NSi/c9-8(10)6-7-4-2-1-3-5-7/h1-5,8H,6,9H2,10H3. The topological polar surface area (TPSA) is 26.0 Å². The summed E-state index contributed by atoms with van der Waals surface area (Å²) >= 11 is 0. The Hall–Kier alpha value is -0.603. The maximum Gasteiger partial charge on any atom is 0.0242 e. The molecule has 0 amide bonds. The summed E-state index contributed by atoms with van der Waals surface area (Å²) in [5, 5.41) is 0. The van der Waals surface area contributed by atoms with Crippen molar-refractivity contribution in [1.82, 2.24) is 0 Å². The predicted octanol–water partition coefficient (Wildman–Crippen LogP) is -0.121. The van der Waals surface area contributed by atoms with Gasteiger partial charge in [-0.3, -0.25) is 0 Å². The van der Waals surface area contributed by atoms with E-state index in [1.807, 2.05) is 6.07 Å². The highest BCUT2D eigenvalue weighted by Gasteiger charge is 1.94. The lowest BCUT2D eigenvalue weighted by Crippen LogP contribution is -2.22. The lowest BCUT2D eigenvalue weighted by atomic mass is 10.1. The van der Waals surface area contributed by atoms with Crippen LogP contribution in [0.3, 0.4) is 0 Å². The summed E-state index contributed by atoms with van der Waals surface area (Å²) in [7, 11) is 1.08. The van der Waals surface area contributed by atoms with Crippen molar-refractivity contribution in [2.24, 2.45) is 5.73 Å². The van der Waals surface area contributed by atoms with Gasteiger partial charge in [0.05, 0.1) is 0 Å². The first kappa shape index (κ1) is 7.50. The molecule has 0 spiro atoms. The molecule has 0 aromatic heterocycles. The van der Waals surface area contributed by atoms with E-state index in [4.69, 9.17) is 5.73 Å². The lowest BCUT2D eigenvalue weighted by molar-refractivity contribution is 0.888. The summed E-state index contributed by atoms with van der Waals surface area (Å²) in [6.45, 7) is 0. The molecule has 1 nitrogen and oxygen atoms in total. The molecule has 0 aliphatic rings. The minimum absolute atomic E-state index is 0.405. The smallest absolute Gasteiger partial charge is 0.0242 e. The van der Waals surface area contributed by atoms with Crippen molar-refractivity contribution in [3.05, 3.63) is 35.9 Å². The Balaban J connectivity index is 2.59. The molecule has 2 heteroatoms. The summed E-state index contributed by atoms with van der Waals surface area (Å²) in [5.74, 6) is 0. The van der Waals surface area contributed by atoms with E-state index in [1.54, 1.807) is 0 Å². The van der Waals surface area contributed by atoms with E-state index in [9.17, 15) is 0 Å². The average Bonchev–Trinajstić information content (AvgIpc) is 1.88. The van der Waals surface area contributed by atoms with Gasteiger partial charge in [-0.05, 0) is 17.6 Å². The zero-order chi connectivity index (χ0) is 7.40. The molecule has 1 aromatic carbocycles. The van der Waals surface area contributed by atoms with Gasteiger partial charge in [0.15, 0.2) is 0 Å². The van der Waals surface area contributed by atoms with E-state index >= 15 is 0 Å². The quantitative estimate of drug-likeness (QED) is 0.586. The second-order valence-electron chi connectivity index (χ2n) is 2.67. The van der Waals surface area contributed by atoms with Crippen LogP contribution in [0.5, 0.6) is 0 Å². The maximum absolute atomic E-state index is 5.69. The molecule has 10 heavy (non-hydrogen) atoms. The summed E-state index contributed by atoms with van der Waals surface area (Å²) in [4.78, 5) is 0. The zero-order valence-corrected chi connectivity index (χ0v) is 8.25. The molecule has 1 aromatic rings. The third-order valence-corrected chi connectivity index (χ3v) is 1.81. The van der Waals surface area contributed by atoms with Crippen LogP contribution in [0.2, 0.25) is 0 Å². The van der Waals surface area contributed by atoms with Gasteiger partial charge in [-0.25, -0.2) is 0 Å². The van der Waals surface area contributed by atoms with Crippen LogP contribution in [0.4, 0.5) is 0 Å². The van der Waals surface area contributed by atoms with Crippen LogP contribution in [0.1, 0.15) is 5.56 Å². The molecule has 54 valence electrons. The van der Waals surface area contributed by atoms with Gasteiger partial charge in [0.2, 0.25) is 0 Å². The Morgan fingerprint density at radius 3 is 2.40 bits per heavy atom. The van der Waals surface area contributed by atoms with Crippen LogP contribution in [0.25, 0.3) is 0 Å². The fourth-order valence-electron chi connectivity index (χ4n) is 0.986. The maximum atomic E-state index is 5.69. The Morgan fingerprint density at radius 1 is 1.30 bits per heavy atom. The molecule has 1 rings (SSSR count). The van der Waals surface area contributed by atoms with Gasteiger partial charge < -0.3 is 5.73 Å². The molecule has 1 atom stereocenters. The highest BCUT2D eigenvalue weighted by Crippen LogP contribution is 1.99. The molecular formula is C8H13NSi. The fraction of sp³-hybridized carbons (Fsp3) is 0.250. The monoisotopic (exact) mass is 151 g/mol. The molecule has 1 unspecified atom stereocenters. The van der Waals surface area contributed by atoms with Gasteiger partial charge in [-0.15, -0.1) is 0 Å². The Kier molecular flexibility index (Phi) is 2.65. The number of rotatable bonds is 2. The van der Waals surface area contributed by atoms with Crippen molar-refractivity contribution >= 4 is 10.2 Å². The number of nitrogens with two attached hydrogens (primary N) is 1. The lowest BCUT2D eigenvalue weighted by Gasteiger charge is -2.02. The van der Waals surface area contributed by atoms with E-state index in [0.29, 0.717) is 5.67 Å². The average molecular weight is 151 g/mol. The molecule has 0 radical (unpaired) electrons. The number of hydrogen-bond donors (Lipinski definition) is 1. The number of benzene rings is 1. The molecule has 0 saturated carbocycles. The SMILES string of the molecule is NC([SiH3])Cc1ccccc1. The largest absolute Gasteiger partial charge is 0.331 e. The van der Waals surface area contributed by atoms with Gasteiger partial charge in [0.25, 0.3) is 0 Å². The third-order valence-electron chi connectivity index (χ3n) is 1.40. The zero-order valence-electron chi connectivity index (χ0n) is 6.25. The summed E-state index contributed by atoms with van der Waals surface area (Å²) < 4.78 is 0. The molecule has 0 fully saturated rings. The molecule has 0 aliphatic carbocycles. The highest BCUT2D eigenvalue weighted by atomic mass is 28.1. The van der Waals surface area contributed by atoms with E-state index in [2.05, 4.69) is 24.3 Å². The van der Waals surface area contributed by atoms with Crippen molar-refractivity contribution in [2.45, 2.75) is 12.1 Å². The van der Waals surface area contributed by atoms with Crippen LogP contribution in [-0.2, 0) is 6.42 Å². The van der Waals surface area contributed by atoms with Crippen molar-refractivity contribution in [1.29, 1.82) is 0 Å². The molecule has 0 saturated heterocycles. The minimum atomic E-state index is 0.405. The van der Waals surface area contributed by atoms with Crippen LogP contribution in [0.15, 0.2) is 30.3 Å². The van der Waals surface area contributed by atoms with E-state index in [0.717, 1.165) is 16.7 Å². The van der Waals surface area contributed by atoms with Crippen molar-refractivity contribution < 1.29 is 0 Å². The van der Waals surface area contributed by atoms with Crippen molar-refractivity contribution in [3.8, 4) is 0 Å². The van der Waals surface area contributed by atoms with Crippen LogP contribution in [-0.4, -0.2) is 15.9 Å². The molecule has 0 aliphatic heterocycles. The van der Waals surface area contributed by atoms with E-state index in [-0.39, 0.29) is 0 Å². The first-order valence-electron chi connectivity index (χ1n) is 3.58. The van der Waals surface area contributed by atoms with Gasteiger partial charge in [-0.2, -0.15) is 0 Å². The molecule has 0 bridgehead atoms. The molecular weight excluding hydrogens is 138 g/mol. The first-order chi connectivity index (χ1) is 4.79. The van der Waals surface area contributed by atoms with Crippen molar-refractivity contribution in [2.75, 3.05) is 0 Å². The van der Waals surface area contributed by atoms with Gasteiger partial charge in [0.1, 0.15) is 0 Å². The van der Waals surface area contributed by atoms with Crippen LogP contribution in [0, 0.1) is 0 Å². The summed E-state index contributed by atoms with van der Waals surface area (Å²) in [6.07, 6.45) is 1.03. The van der Waals surface area contributed by atoms with E-state index in [1.165, 1.54) is 5.56 Å². The van der Waals surface area contributed by atoms with Crippen molar-refractivity contribution in [3.63, 3.8) is 0 Å². The Morgan fingerprint density at radius 2 is 1.90 bits per heavy atom. The second kappa shape index (κ2) is 3.54. The Labute approximate surface area is 64.7 Å². The van der Waals surface area contributed by atoms with Gasteiger partial charge >= 0.3 is 0 Å². The minimum Gasteiger partial charge on any atom is -0.331 e. The first-order valence-corrected chi connectivity index (χ1v) is 4.74. The Bertz CT molecular complexity index is 184. The van der Waals surface area contributed by atoms with Gasteiger partial charge in [-0.1, -0.05) is 30.3 Å². The second-order valence-corrected chi connectivity index (χ2v) is 4.15. The van der Waals surface area contributed by atoms with Crippen LogP contribution < -0.4 is 5.73 Å². The summed E-state index contributed by atoms with van der Waals surface area (Å²) in [6, 6.07) is 10.4. The molecule has 2 N–H and O–H groups in total. The summed E-state index contributed by atoms with van der Waals surface area (Å²) in [5.41, 5.74) is 7.44.